The third kappa shape index (κ3) is 1.93. The average molecular weight is 220 g/mol. The Morgan fingerprint density at radius 1 is 1.50 bits per heavy atom. The van der Waals surface area contributed by atoms with Gasteiger partial charge in [-0.25, -0.2) is 4.98 Å². The van der Waals surface area contributed by atoms with Crippen LogP contribution in [0.4, 0.5) is 11.5 Å². The number of amides is 1. The lowest BCUT2D eigenvalue weighted by Crippen LogP contribution is -2.48. The molecule has 0 spiro atoms. The second-order valence-electron chi connectivity index (χ2n) is 4.02. The monoisotopic (exact) mass is 220 g/mol. The topological polar surface area (TPSA) is 85.2 Å². The van der Waals surface area contributed by atoms with E-state index in [1.165, 1.54) is 0 Å². The van der Waals surface area contributed by atoms with Crippen LogP contribution < -0.4 is 16.4 Å². The molecule has 86 valence electrons. The molecule has 1 saturated heterocycles. The van der Waals surface area contributed by atoms with Crippen molar-refractivity contribution in [3.63, 3.8) is 0 Å². The van der Waals surface area contributed by atoms with E-state index in [1.807, 2.05) is 4.90 Å². The first kappa shape index (κ1) is 10.7. The van der Waals surface area contributed by atoms with Gasteiger partial charge in [0, 0.05) is 12.7 Å². The zero-order valence-corrected chi connectivity index (χ0v) is 9.10. The number of nitrogens with two attached hydrogens (primary N) is 2. The maximum atomic E-state index is 11.4. The van der Waals surface area contributed by atoms with Crippen LogP contribution in [0.3, 0.4) is 0 Å². The first-order valence-corrected chi connectivity index (χ1v) is 5.46. The van der Waals surface area contributed by atoms with Crippen molar-refractivity contribution in [2.45, 2.75) is 25.3 Å². The number of pyridine rings is 1. The van der Waals surface area contributed by atoms with Crippen molar-refractivity contribution in [1.82, 2.24) is 4.98 Å². The van der Waals surface area contributed by atoms with Gasteiger partial charge in [0.1, 0.15) is 6.04 Å². The molecule has 1 amide bonds. The van der Waals surface area contributed by atoms with Crippen LogP contribution in [0.5, 0.6) is 0 Å². The van der Waals surface area contributed by atoms with E-state index in [0.717, 1.165) is 25.8 Å². The quantitative estimate of drug-likeness (QED) is 0.760. The SMILES string of the molecule is NC(=O)C1CCCCN1c1ncccc1N. The van der Waals surface area contributed by atoms with E-state index in [2.05, 4.69) is 4.98 Å². The predicted octanol–water partition coefficient (Wildman–Crippen LogP) is 0.508. The zero-order valence-electron chi connectivity index (χ0n) is 9.10. The second kappa shape index (κ2) is 4.38. The molecule has 2 rings (SSSR count). The number of carbonyl (C=O) groups excluding carboxylic acids is 1. The number of aromatic nitrogens is 1. The summed E-state index contributed by atoms with van der Waals surface area (Å²) in [5.41, 5.74) is 11.8. The molecule has 1 unspecified atom stereocenters. The molecular weight excluding hydrogens is 204 g/mol. The summed E-state index contributed by atoms with van der Waals surface area (Å²) in [5.74, 6) is 0.371. The van der Waals surface area contributed by atoms with Crippen LogP contribution in [0.1, 0.15) is 19.3 Å². The first-order chi connectivity index (χ1) is 7.70. The van der Waals surface area contributed by atoms with Gasteiger partial charge in [-0.05, 0) is 31.4 Å². The summed E-state index contributed by atoms with van der Waals surface area (Å²) in [4.78, 5) is 17.5. The van der Waals surface area contributed by atoms with Crippen LogP contribution in [-0.2, 0) is 4.79 Å². The molecule has 0 radical (unpaired) electrons. The van der Waals surface area contributed by atoms with Gasteiger partial charge < -0.3 is 16.4 Å². The molecule has 1 fully saturated rings. The van der Waals surface area contributed by atoms with E-state index >= 15 is 0 Å². The normalized spacial score (nSPS) is 20.8. The number of rotatable bonds is 2. The molecule has 0 bridgehead atoms. The lowest BCUT2D eigenvalue weighted by Gasteiger charge is -2.35. The standard InChI is InChI=1S/C11H16N4O/c12-8-4-3-6-14-11(8)15-7-2-1-5-9(15)10(13)16/h3-4,6,9H,1-2,5,7,12H2,(H2,13,16). The van der Waals surface area contributed by atoms with Crippen LogP contribution in [0, 0.1) is 0 Å². The highest BCUT2D eigenvalue weighted by atomic mass is 16.1. The van der Waals surface area contributed by atoms with E-state index in [4.69, 9.17) is 11.5 Å². The first-order valence-electron chi connectivity index (χ1n) is 5.46. The van der Waals surface area contributed by atoms with Crippen molar-refractivity contribution in [2.24, 2.45) is 5.73 Å². The highest BCUT2D eigenvalue weighted by molar-refractivity contribution is 5.84. The molecule has 1 aliphatic rings. The van der Waals surface area contributed by atoms with Gasteiger partial charge in [0.05, 0.1) is 5.69 Å². The predicted molar refractivity (Wildman–Crippen MR) is 62.8 cm³/mol. The molecule has 1 aromatic heterocycles. The van der Waals surface area contributed by atoms with Crippen molar-refractivity contribution >= 4 is 17.4 Å². The molecule has 0 aliphatic carbocycles. The van der Waals surface area contributed by atoms with Gasteiger partial charge in [0.15, 0.2) is 5.82 Å². The summed E-state index contributed by atoms with van der Waals surface area (Å²) in [7, 11) is 0. The lowest BCUT2D eigenvalue weighted by atomic mass is 10.0. The smallest absolute Gasteiger partial charge is 0.240 e. The van der Waals surface area contributed by atoms with Gasteiger partial charge in [-0.3, -0.25) is 4.79 Å². The number of hydrogen-bond acceptors (Lipinski definition) is 4. The van der Waals surface area contributed by atoms with Gasteiger partial charge in [-0.1, -0.05) is 0 Å². The Morgan fingerprint density at radius 3 is 3.00 bits per heavy atom. The second-order valence-corrected chi connectivity index (χ2v) is 4.02. The molecule has 1 aliphatic heterocycles. The fourth-order valence-corrected chi connectivity index (χ4v) is 2.13. The number of piperidine rings is 1. The number of nitrogens with zero attached hydrogens (tertiary/aromatic N) is 2. The molecule has 5 nitrogen and oxygen atoms in total. The van der Waals surface area contributed by atoms with Crippen LogP contribution in [-0.4, -0.2) is 23.5 Å². The number of carbonyl (C=O) groups is 1. The molecule has 0 saturated carbocycles. The summed E-state index contributed by atoms with van der Waals surface area (Å²) in [5, 5.41) is 0. The Labute approximate surface area is 94.4 Å². The summed E-state index contributed by atoms with van der Waals surface area (Å²) in [6.07, 6.45) is 4.53. The van der Waals surface area contributed by atoms with Gasteiger partial charge in [-0.2, -0.15) is 0 Å². The van der Waals surface area contributed by atoms with Crippen LogP contribution in [0.25, 0.3) is 0 Å². The Kier molecular flexibility index (Phi) is 2.94. The summed E-state index contributed by atoms with van der Waals surface area (Å²) >= 11 is 0. The van der Waals surface area contributed by atoms with Gasteiger partial charge >= 0.3 is 0 Å². The summed E-state index contributed by atoms with van der Waals surface area (Å²) in [6.45, 7) is 0.787. The molecule has 4 N–H and O–H groups in total. The lowest BCUT2D eigenvalue weighted by molar-refractivity contribution is -0.119. The fraction of sp³-hybridized carbons (Fsp3) is 0.455. The van der Waals surface area contributed by atoms with Crippen molar-refractivity contribution in [3.05, 3.63) is 18.3 Å². The highest BCUT2D eigenvalue weighted by Gasteiger charge is 2.28. The number of nitrogen functional groups attached to an aromatic ring is 1. The van der Waals surface area contributed by atoms with E-state index in [9.17, 15) is 4.79 Å². The van der Waals surface area contributed by atoms with Gasteiger partial charge in [0.25, 0.3) is 0 Å². The molecule has 1 atom stereocenters. The minimum absolute atomic E-state index is 0.272. The van der Waals surface area contributed by atoms with Crippen molar-refractivity contribution in [2.75, 3.05) is 17.2 Å². The molecule has 1 aromatic rings. The third-order valence-electron chi connectivity index (χ3n) is 2.92. The largest absolute Gasteiger partial charge is 0.396 e. The molecule has 5 heteroatoms. The maximum Gasteiger partial charge on any atom is 0.240 e. The Balaban J connectivity index is 2.30. The highest BCUT2D eigenvalue weighted by Crippen LogP contribution is 2.26. The van der Waals surface area contributed by atoms with E-state index in [1.54, 1.807) is 18.3 Å². The van der Waals surface area contributed by atoms with Gasteiger partial charge in [-0.15, -0.1) is 0 Å². The van der Waals surface area contributed by atoms with E-state index < -0.39 is 0 Å². The number of primary amides is 1. The molecular formula is C11H16N4O. The van der Waals surface area contributed by atoms with Crippen molar-refractivity contribution < 1.29 is 4.79 Å². The number of anilines is 2. The third-order valence-corrected chi connectivity index (χ3v) is 2.92. The average Bonchev–Trinajstić information content (AvgIpc) is 2.29. The fourth-order valence-electron chi connectivity index (χ4n) is 2.13. The maximum absolute atomic E-state index is 11.4. The molecule has 16 heavy (non-hydrogen) atoms. The Morgan fingerprint density at radius 2 is 2.31 bits per heavy atom. The van der Waals surface area contributed by atoms with Crippen LogP contribution in [0.2, 0.25) is 0 Å². The molecule has 0 aromatic carbocycles. The number of hydrogen-bond donors (Lipinski definition) is 2. The Bertz CT molecular complexity index is 393. The summed E-state index contributed by atoms with van der Waals surface area (Å²) < 4.78 is 0. The minimum Gasteiger partial charge on any atom is -0.396 e. The minimum atomic E-state index is -0.301. The van der Waals surface area contributed by atoms with Crippen molar-refractivity contribution in [3.8, 4) is 0 Å². The summed E-state index contributed by atoms with van der Waals surface area (Å²) in [6, 6.07) is 3.29. The zero-order chi connectivity index (χ0) is 11.5. The van der Waals surface area contributed by atoms with Crippen LogP contribution in [0.15, 0.2) is 18.3 Å². The van der Waals surface area contributed by atoms with Gasteiger partial charge in [0.2, 0.25) is 5.91 Å². The van der Waals surface area contributed by atoms with E-state index in [0.29, 0.717) is 11.5 Å². The molecule has 2 heterocycles. The van der Waals surface area contributed by atoms with Crippen molar-refractivity contribution in [1.29, 1.82) is 0 Å². The Hall–Kier alpha value is -1.78. The van der Waals surface area contributed by atoms with Crippen LogP contribution >= 0.6 is 0 Å². The van der Waals surface area contributed by atoms with E-state index in [-0.39, 0.29) is 11.9 Å².